The molecular weight excluding hydrogens is 739 g/mol. The van der Waals surface area contributed by atoms with Crippen LogP contribution in [0.25, 0.3) is 0 Å². The third-order valence-corrected chi connectivity index (χ3v) is 0. The van der Waals surface area contributed by atoms with Crippen LogP contribution in [0.1, 0.15) is 0 Å². The number of hydrogen-bond acceptors (Lipinski definition) is 0. The monoisotopic (exact) mass is 749 g/mol. The molecule has 0 heterocycles. The second-order valence-electron chi connectivity index (χ2n) is 0. The van der Waals surface area contributed by atoms with E-state index in [0.29, 0.717) is 0 Å². The van der Waals surface area contributed by atoms with Gasteiger partial charge in [0, 0.05) is 143 Å². The molecule has 0 N–H and O–H groups in total. The molecule has 0 atom stereocenters. The average Bonchev–Trinajstić information content (AvgIpc) is 0. The van der Waals surface area contributed by atoms with E-state index in [1.807, 2.05) is 0 Å². The van der Waals surface area contributed by atoms with Gasteiger partial charge in [-0.25, -0.2) is 0 Å². The zero-order chi connectivity index (χ0) is 0. The van der Waals surface area contributed by atoms with Crippen LogP contribution in [0.4, 0.5) is 0 Å². The molecule has 0 bridgehead atoms. The van der Waals surface area contributed by atoms with Gasteiger partial charge < -0.3 is 0 Å². The Balaban J connectivity index is 0. The van der Waals surface area contributed by atoms with Crippen LogP contribution < -0.4 is 0 Å². The zero-order valence-electron chi connectivity index (χ0n) is 2.72. The first kappa shape index (κ1) is 45.2. The van der Waals surface area contributed by atoms with E-state index in [1.165, 1.54) is 0 Å². The van der Waals surface area contributed by atoms with Crippen LogP contribution >= 0.6 is 0 Å². The zero-order valence-corrected chi connectivity index (χ0v) is 18.3. The normalized spacial score (nSPS) is 0. The maximum atomic E-state index is 0. The molecular formula is Sn3Te3. The molecule has 0 saturated carbocycles. The van der Waals surface area contributed by atoms with Crippen molar-refractivity contribution in [2.24, 2.45) is 0 Å². The SMILES string of the molecule is [Sn].[Sn].[Sn].[Te].[Te].[Te]. The summed E-state index contributed by atoms with van der Waals surface area (Å²) in [7, 11) is 0. The van der Waals surface area contributed by atoms with Crippen molar-refractivity contribution in [3.05, 3.63) is 0 Å². The van der Waals surface area contributed by atoms with E-state index < -0.39 is 0 Å². The van der Waals surface area contributed by atoms with Crippen molar-refractivity contribution in [1.82, 2.24) is 0 Å². The predicted octanol–water partition coefficient (Wildman–Crippen LogP) is -2.28. The van der Waals surface area contributed by atoms with Gasteiger partial charge in [0.1, 0.15) is 0 Å². The molecule has 0 nitrogen and oxygen atoms in total. The van der Waals surface area contributed by atoms with Crippen LogP contribution in [-0.2, 0) is 0 Å². The van der Waals surface area contributed by atoms with Gasteiger partial charge in [0.25, 0.3) is 0 Å². The molecule has 0 amide bonds. The van der Waals surface area contributed by atoms with E-state index in [9.17, 15) is 0 Å². The molecule has 0 unspecified atom stereocenters. The minimum atomic E-state index is 0. The maximum Gasteiger partial charge on any atom is 0 e. The standard InChI is InChI=1S/3Sn.3Te. The summed E-state index contributed by atoms with van der Waals surface area (Å²) in [6, 6.07) is 0. The summed E-state index contributed by atoms with van der Waals surface area (Å²) in [6.45, 7) is 0. The summed E-state index contributed by atoms with van der Waals surface area (Å²) < 4.78 is 0. The smallest absolute Gasteiger partial charge is 0 e. The molecule has 6 heavy (non-hydrogen) atoms. The third-order valence-electron chi connectivity index (χ3n) is 0. The second-order valence-corrected chi connectivity index (χ2v) is 0. The quantitative estimate of drug-likeness (QED) is 0.246. The Hall–Kier alpha value is 4.76. The Morgan fingerprint density at radius 2 is 0.333 bits per heavy atom. The van der Waals surface area contributed by atoms with Crippen molar-refractivity contribution < 1.29 is 0 Å². The second kappa shape index (κ2) is 33.0. The van der Waals surface area contributed by atoms with Gasteiger partial charge in [-0.1, -0.05) is 0 Å². The van der Waals surface area contributed by atoms with Gasteiger partial charge in [-0.05, 0) is 0 Å². The van der Waals surface area contributed by atoms with Crippen molar-refractivity contribution in [3.63, 3.8) is 0 Å². The summed E-state index contributed by atoms with van der Waals surface area (Å²) in [4.78, 5) is 0. The third kappa shape index (κ3) is 23.3. The summed E-state index contributed by atoms with van der Waals surface area (Å²) in [6.07, 6.45) is 0. The molecule has 0 aliphatic rings. The molecule has 0 aliphatic carbocycles. The fourth-order valence-electron chi connectivity index (χ4n) is 0. The van der Waals surface area contributed by atoms with E-state index in [-0.39, 0.29) is 143 Å². The minimum Gasteiger partial charge on any atom is 0 e. The van der Waals surface area contributed by atoms with Crippen LogP contribution in [0.3, 0.4) is 0 Å². The molecule has 0 saturated heterocycles. The molecule has 0 fully saturated rings. The fraction of sp³-hybridized carbons (Fsp3) is 0. The molecule has 18 radical (unpaired) electrons. The molecule has 0 rings (SSSR count). The molecule has 0 aromatic carbocycles. The van der Waals surface area contributed by atoms with Crippen LogP contribution in [0, 0.1) is 0 Å². The van der Waals surface area contributed by atoms with Crippen LogP contribution in [0.15, 0.2) is 0 Å². The Bertz CT molecular complexity index is 6.00. The van der Waals surface area contributed by atoms with Gasteiger partial charge in [0.15, 0.2) is 0 Å². The van der Waals surface area contributed by atoms with Gasteiger partial charge in [-0.3, -0.25) is 0 Å². The maximum absolute atomic E-state index is 0. The molecule has 30 valence electrons. The first-order chi connectivity index (χ1) is 0. The predicted molar refractivity (Wildman–Crippen MR) is 34.5 cm³/mol. The summed E-state index contributed by atoms with van der Waals surface area (Å²) >= 11 is 0. The molecule has 0 aromatic heterocycles. The van der Waals surface area contributed by atoms with Gasteiger partial charge in [0.2, 0.25) is 0 Å². The Morgan fingerprint density at radius 1 is 0.333 bits per heavy atom. The Morgan fingerprint density at radius 3 is 0.333 bits per heavy atom. The summed E-state index contributed by atoms with van der Waals surface area (Å²) in [5.41, 5.74) is 0. The van der Waals surface area contributed by atoms with E-state index >= 15 is 0 Å². The van der Waals surface area contributed by atoms with E-state index in [0.717, 1.165) is 0 Å². The van der Waals surface area contributed by atoms with E-state index in [4.69, 9.17) is 0 Å². The molecule has 6 heteroatoms. The molecule has 0 spiro atoms. The van der Waals surface area contributed by atoms with Crippen molar-refractivity contribution >= 4 is 143 Å². The van der Waals surface area contributed by atoms with E-state index in [1.54, 1.807) is 0 Å². The fourth-order valence-corrected chi connectivity index (χ4v) is 0. The topological polar surface area (TPSA) is 0 Å². The number of rotatable bonds is 0. The Labute approximate surface area is 139 Å². The minimum absolute atomic E-state index is 0. The van der Waals surface area contributed by atoms with Gasteiger partial charge in [-0.2, -0.15) is 0 Å². The first-order valence-corrected chi connectivity index (χ1v) is 0. The Kier molecular flexibility index (Phi) is 249. The largest absolute Gasteiger partial charge is 0 e. The van der Waals surface area contributed by atoms with Gasteiger partial charge in [-0.15, -0.1) is 0 Å². The van der Waals surface area contributed by atoms with Crippen LogP contribution in [0.2, 0.25) is 0 Å². The van der Waals surface area contributed by atoms with Gasteiger partial charge >= 0.3 is 0 Å². The van der Waals surface area contributed by atoms with Crippen molar-refractivity contribution in [3.8, 4) is 0 Å². The van der Waals surface area contributed by atoms with Crippen molar-refractivity contribution in [2.45, 2.75) is 0 Å². The average molecular weight is 739 g/mol. The molecule has 0 aromatic rings. The van der Waals surface area contributed by atoms with E-state index in [2.05, 4.69) is 0 Å². The van der Waals surface area contributed by atoms with Crippen molar-refractivity contribution in [1.29, 1.82) is 0 Å². The molecule has 0 aliphatic heterocycles. The summed E-state index contributed by atoms with van der Waals surface area (Å²) in [5.74, 6) is 0. The van der Waals surface area contributed by atoms with Crippen LogP contribution in [0.5, 0.6) is 0 Å². The number of hydrogen-bond donors (Lipinski definition) is 0. The summed E-state index contributed by atoms with van der Waals surface area (Å²) in [5, 5.41) is 0. The van der Waals surface area contributed by atoms with Crippen LogP contribution in [-0.4, -0.2) is 143 Å². The first-order valence-electron chi connectivity index (χ1n) is 0. The van der Waals surface area contributed by atoms with Gasteiger partial charge in [0.05, 0.1) is 0 Å². The van der Waals surface area contributed by atoms with Crippen molar-refractivity contribution in [2.75, 3.05) is 0 Å².